The van der Waals surface area contributed by atoms with Gasteiger partial charge >= 0.3 is 5.97 Å². The van der Waals surface area contributed by atoms with Gasteiger partial charge < -0.3 is 19.9 Å². The van der Waals surface area contributed by atoms with Crippen LogP contribution in [0.15, 0.2) is 23.6 Å². The topological polar surface area (TPSA) is 84.9 Å². The number of benzene rings is 1. The SMILES string of the molecule is COc1ccc(C(=O)NCC2CCC3(CO2)CC(C(=O)O)C3)c2sccc12. The Balaban J connectivity index is 1.32. The Kier molecular flexibility index (Phi) is 4.82. The molecule has 2 heterocycles. The summed E-state index contributed by atoms with van der Waals surface area (Å²) in [4.78, 5) is 23.6. The number of nitrogens with one attached hydrogen (secondary N) is 1. The highest BCUT2D eigenvalue weighted by Gasteiger charge is 2.49. The van der Waals surface area contributed by atoms with E-state index in [-0.39, 0.29) is 23.3 Å². The zero-order chi connectivity index (χ0) is 19.0. The maximum atomic E-state index is 12.6. The molecular weight excluding hydrogens is 366 g/mol. The van der Waals surface area contributed by atoms with Crippen molar-refractivity contribution in [3.8, 4) is 5.75 Å². The Bertz CT molecular complexity index is 860. The van der Waals surface area contributed by atoms with E-state index in [1.807, 2.05) is 17.5 Å². The van der Waals surface area contributed by atoms with Crippen molar-refractivity contribution in [2.24, 2.45) is 11.3 Å². The molecule has 1 spiro atoms. The number of carboxylic acids is 1. The zero-order valence-corrected chi connectivity index (χ0v) is 16.0. The molecule has 144 valence electrons. The Morgan fingerprint density at radius 3 is 2.85 bits per heavy atom. The summed E-state index contributed by atoms with van der Waals surface area (Å²) in [6, 6.07) is 5.58. The number of amides is 1. The van der Waals surface area contributed by atoms with E-state index >= 15 is 0 Å². The number of rotatable bonds is 5. The fourth-order valence-corrected chi connectivity index (χ4v) is 5.18. The molecule has 2 aliphatic rings. The van der Waals surface area contributed by atoms with Gasteiger partial charge in [-0.2, -0.15) is 0 Å². The Hall–Kier alpha value is -2.12. The van der Waals surface area contributed by atoms with E-state index in [0.717, 1.165) is 28.7 Å². The van der Waals surface area contributed by atoms with Gasteiger partial charge in [0.2, 0.25) is 0 Å². The number of thiophene rings is 1. The molecule has 6 nitrogen and oxygen atoms in total. The van der Waals surface area contributed by atoms with Crippen molar-refractivity contribution in [1.29, 1.82) is 0 Å². The lowest BCUT2D eigenvalue weighted by Crippen LogP contribution is -2.49. The molecule has 1 aliphatic heterocycles. The van der Waals surface area contributed by atoms with E-state index in [4.69, 9.17) is 14.6 Å². The Morgan fingerprint density at radius 1 is 1.37 bits per heavy atom. The number of carbonyl (C=O) groups excluding carboxylic acids is 1. The third kappa shape index (κ3) is 3.41. The Labute approximate surface area is 161 Å². The molecule has 2 aromatic rings. The third-order valence-corrected chi connectivity index (χ3v) is 6.81. The van der Waals surface area contributed by atoms with E-state index < -0.39 is 5.97 Å². The van der Waals surface area contributed by atoms with Crippen LogP contribution in [0.2, 0.25) is 0 Å². The molecule has 1 atom stereocenters. The van der Waals surface area contributed by atoms with Gasteiger partial charge in [0.1, 0.15) is 5.75 Å². The molecule has 0 radical (unpaired) electrons. The maximum Gasteiger partial charge on any atom is 0.306 e. The van der Waals surface area contributed by atoms with Crippen LogP contribution in [0, 0.1) is 11.3 Å². The number of hydrogen-bond donors (Lipinski definition) is 2. The number of ether oxygens (including phenoxy) is 2. The van der Waals surface area contributed by atoms with Gasteiger partial charge in [-0.25, -0.2) is 0 Å². The number of hydrogen-bond acceptors (Lipinski definition) is 5. The van der Waals surface area contributed by atoms with Crippen molar-refractivity contribution in [2.45, 2.75) is 31.8 Å². The number of carboxylic acid groups (broad SMARTS) is 1. The van der Waals surface area contributed by atoms with Crippen LogP contribution in [0.5, 0.6) is 5.75 Å². The lowest BCUT2D eigenvalue weighted by atomic mass is 9.59. The highest BCUT2D eigenvalue weighted by molar-refractivity contribution is 7.17. The molecule has 1 saturated carbocycles. The van der Waals surface area contributed by atoms with Crippen LogP contribution in [0.25, 0.3) is 10.1 Å². The van der Waals surface area contributed by atoms with E-state index in [2.05, 4.69) is 5.32 Å². The average molecular weight is 389 g/mol. The van der Waals surface area contributed by atoms with Crippen molar-refractivity contribution >= 4 is 33.3 Å². The van der Waals surface area contributed by atoms with Crippen LogP contribution in [0.3, 0.4) is 0 Å². The molecule has 1 unspecified atom stereocenters. The quantitative estimate of drug-likeness (QED) is 0.820. The number of aliphatic carboxylic acids is 1. The number of methoxy groups -OCH3 is 1. The van der Waals surface area contributed by atoms with Gasteiger partial charge in [-0.3, -0.25) is 9.59 Å². The predicted octanol–water partition coefficient (Wildman–Crippen LogP) is 3.30. The normalized spacial score (nSPS) is 27.3. The lowest BCUT2D eigenvalue weighted by Gasteiger charge is -2.49. The van der Waals surface area contributed by atoms with Crippen molar-refractivity contribution in [3.63, 3.8) is 0 Å². The van der Waals surface area contributed by atoms with E-state index in [1.54, 1.807) is 13.2 Å². The average Bonchev–Trinajstić information content (AvgIpc) is 3.13. The number of carbonyl (C=O) groups is 2. The predicted molar refractivity (Wildman–Crippen MR) is 102 cm³/mol. The molecule has 1 saturated heterocycles. The summed E-state index contributed by atoms with van der Waals surface area (Å²) in [5, 5.41) is 14.9. The van der Waals surface area contributed by atoms with E-state index in [0.29, 0.717) is 31.6 Å². The first kappa shape index (κ1) is 18.3. The Morgan fingerprint density at radius 2 is 2.19 bits per heavy atom. The molecule has 2 fully saturated rings. The lowest BCUT2D eigenvalue weighted by molar-refractivity contribution is -0.161. The molecule has 1 aliphatic carbocycles. The van der Waals surface area contributed by atoms with Crippen LogP contribution in [-0.2, 0) is 9.53 Å². The molecule has 1 aromatic carbocycles. The van der Waals surface area contributed by atoms with Gasteiger partial charge in [-0.05, 0) is 54.7 Å². The van der Waals surface area contributed by atoms with Crippen LogP contribution in [-0.4, -0.2) is 43.3 Å². The second kappa shape index (κ2) is 7.13. The highest BCUT2D eigenvalue weighted by atomic mass is 32.1. The van der Waals surface area contributed by atoms with Gasteiger partial charge in [0.25, 0.3) is 5.91 Å². The minimum atomic E-state index is -0.700. The van der Waals surface area contributed by atoms with Crippen LogP contribution >= 0.6 is 11.3 Å². The third-order valence-electron chi connectivity index (χ3n) is 5.86. The largest absolute Gasteiger partial charge is 0.496 e. The standard InChI is InChI=1S/C20H23NO5S/c1-25-16-3-2-15(17-14(16)5-7-27-17)18(22)21-10-13-4-6-20(11-26-13)8-12(9-20)19(23)24/h2-3,5,7,12-13H,4,6,8-11H2,1H3,(H,21,22)(H,23,24). The van der Waals surface area contributed by atoms with E-state index in [1.165, 1.54) is 11.3 Å². The first-order valence-electron chi connectivity index (χ1n) is 9.18. The fraction of sp³-hybridized carbons (Fsp3) is 0.500. The second-order valence-corrected chi connectivity index (χ2v) is 8.52. The molecular formula is C20H23NO5S. The minimum Gasteiger partial charge on any atom is -0.496 e. The molecule has 27 heavy (non-hydrogen) atoms. The molecule has 2 N–H and O–H groups in total. The molecule has 1 amide bonds. The van der Waals surface area contributed by atoms with Crippen molar-refractivity contribution in [2.75, 3.05) is 20.3 Å². The molecule has 4 rings (SSSR count). The van der Waals surface area contributed by atoms with Gasteiger partial charge in [-0.15, -0.1) is 11.3 Å². The highest BCUT2D eigenvalue weighted by Crippen LogP contribution is 2.51. The molecule has 1 aromatic heterocycles. The minimum absolute atomic E-state index is 0.0134. The summed E-state index contributed by atoms with van der Waals surface area (Å²) >= 11 is 1.53. The monoisotopic (exact) mass is 389 g/mol. The first-order chi connectivity index (χ1) is 13.0. The van der Waals surface area contributed by atoms with Crippen LogP contribution in [0.4, 0.5) is 0 Å². The fourth-order valence-electron chi connectivity index (χ4n) is 4.26. The van der Waals surface area contributed by atoms with Crippen molar-refractivity contribution < 1.29 is 24.2 Å². The second-order valence-electron chi connectivity index (χ2n) is 7.60. The van der Waals surface area contributed by atoms with Gasteiger partial charge in [0.05, 0.1) is 36.0 Å². The summed E-state index contributed by atoms with van der Waals surface area (Å²) in [6.45, 7) is 1.06. The number of fused-ring (bicyclic) bond motifs is 1. The zero-order valence-electron chi connectivity index (χ0n) is 15.2. The summed E-state index contributed by atoms with van der Waals surface area (Å²) in [5.74, 6) is -0.255. The van der Waals surface area contributed by atoms with Gasteiger partial charge in [-0.1, -0.05) is 0 Å². The molecule has 7 heteroatoms. The summed E-state index contributed by atoms with van der Waals surface area (Å²) < 4.78 is 12.2. The smallest absolute Gasteiger partial charge is 0.306 e. The summed E-state index contributed by atoms with van der Waals surface area (Å²) in [6.07, 6.45) is 3.23. The first-order valence-corrected chi connectivity index (χ1v) is 10.1. The maximum absolute atomic E-state index is 12.6. The van der Waals surface area contributed by atoms with Crippen LogP contribution < -0.4 is 10.1 Å². The van der Waals surface area contributed by atoms with Gasteiger partial charge in [0, 0.05) is 11.9 Å². The van der Waals surface area contributed by atoms with Crippen molar-refractivity contribution in [1.82, 2.24) is 5.32 Å². The summed E-state index contributed by atoms with van der Waals surface area (Å²) in [5.41, 5.74) is 0.694. The van der Waals surface area contributed by atoms with Crippen LogP contribution in [0.1, 0.15) is 36.0 Å². The molecule has 0 bridgehead atoms. The summed E-state index contributed by atoms with van der Waals surface area (Å²) in [7, 11) is 1.63. The van der Waals surface area contributed by atoms with E-state index in [9.17, 15) is 9.59 Å². The van der Waals surface area contributed by atoms with Crippen molar-refractivity contribution in [3.05, 3.63) is 29.1 Å². The van der Waals surface area contributed by atoms with Gasteiger partial charge in [0.15, 0.2) is 0 Å².